The van der Waals surface area contributed by atoms with E-state index in [1.165, 1.54) is 17.5 Å². The molecule has 0 radical (unpaired) electrons. The molecule has 22 heavy (non-hydrogen) atoms. The van der Waals surface area contributed by atoms with Crippen LogP contribution < -0.4 is 5.73 Å². The fraction of sp³-hybridized carbons (Fsp3) is 0.611. The van der Waals surface area contributed by atoms with Crippen LogP contribution in [0, 0.1) is 0 Å². The highest BCUT2D eigenvalue weighted by Gasteiger charge is 2.24. The standard InChI is InChI=1S/C18H26N2O2/c19-9-2-12-22-17-7-10-20(11-8-17)18(21)16-6-5-14-3-1-4-15(14)13-16/h5-6,13,17H,1-4,7-12,19H2. The molecule has 1 amide bonds. The number of nitrogens with two attached hydrogens (primary N) is 1. The lowest BCUT2D eigenvalue weighted by atomic mass is 10.0. The predicted molar refractivity (Wildman–Crippen MR) is 87.0 cm³/mol. The fourth-order valence-corrected chi connectivity index (χ4v) is 3.45. The molecule has 2 aliphatic rings. The number of fused-ring (bicyclic) bond motifs is 1. The van der Waals surface area contributed by atoms with Gasteiger partial charge in [0, 0.05) is 25.3 Å². The molecule has 1 aromatic carbocycles. The van der Waals surface area contributed by atoms with Crippen LogP contribution in [0.25, 0.3) is 0 Å². The van der Waals surface area contributed by atoms with Crippen LogP contribution in [0.4, 0.5) is 0 Å². The predicted octanol–water partition coefficient (Wildman–Crippen LogP) is 2.15. The molecule has 3 rings (SSSR count). The third-order valence-corrected chi connectivity index (χ3v) is 4.78. The van der Waals surface area contributed by atoms with Crippen LogP contribution in [0.2, 0.25) is 0 Å². The van der Waals surface area contributed by atoms with E-state index in [2.05, 4.69) is 12.1 Å². The summed E-state index contributed by atoms with van der Waals surface area (Å²) >= 11 is 0. The summed E-state index contributed by atoms with van der Waals surface area (Å²) in [6.45, 7) is 3.00. The molecule has 4 heteroatoms. The number of rotatable bonds is 5. The molecule has 0 spiro atoms. The van der Waals surface area contributed by atoms with Gasteiger partial charge in [-0.1, -0.05) is 6.07 Å². The normalized spacial score (nSPS) is 18.5. The molecule has 1 heterocycles. The summed E-state index contributed by atoms with van der Waals surface area (Å²) in [5, 5.41) is 0. The maximum Gasteiger partial charge on any atom is 0.253 e. The number of amides is 1. The van der Waals surface area contributed by atoms with E-state index in [9.17, 15) is 4.79 Å². The molecule has 2 N–H and O–H groups in total. The number of carbonyl (C=O) groups is 1. The van der Waals surface area contributed by atoms with Crippen LogP contribution >= 0.6 is 0 Å². The molecule has 1 aliphatic carbocycles. The van der Waals surface area contributed by atoms with Gasteiger partial charge in [0.2, 0.25) is 0 Å². The average Bonchev–Trinajstić information content (AvgIpc) is 3.02. The topological polar surface area (TPSA) is 55.6 Å². The summed E-state index contributed by atoms with van der Waals surface area (Å²) in [5.74, 6) is 0.176. The molecule has 0 aromatic heterocycles. The van der Waals surface area contributed by atoms with Gasteiger partial charge >= 0.3 is 0 Å². The van der Waals surface area contributed by atoms with E-state index < -0.39 is 0 Å². The second kappa shape index (κ2) is 7.25. The largest absolute Gasteiger partial charge is 0.378 e. The molecule has 4 nitrogen and oxygen atoms in total. The summed E-state index contributed by atoms with van der Waals surface area (Å²) in [5.41, 5.74) is 9.11. The van der Waals surface area contributed by atoms with Crippen LogP contribution in [0.15, 0.2) is 18.2 Å². The van der Waals surface area contributed by atoms with E-state index >= 15 is 0 Å². The highest BCUT2D eigenvalue weighted by atomic mass is 16.5. The highest BCUT2D eigenvalue weighted by molar-refractivity contribution is 5.94. The van der Waals surface area contributed by atoms with E-state index in [0.717, 1.165) is 57.4 Å². The van der Waals surface area contributed by atoms with Crippen LogP contribution in [0.5, 0.6) is 0 Å². The Balaban J connectivity index is 1.53. The molecule has 0 bridgehead atoms. The SMILES string of the molecule is NCCCOC1CCN(C(=O)c2ccc3c(c2)CCC3)CC1. The number of piperidine rings is 1. The van der Waals surface area contributed by atoms with Gasteiger partial charge < -0.3 is 15.4 Å². The number of nitrogens with zero attached hydrogens (tertiary/aromatic N) is 1. The van der Waals surface area contributed by atoms with Crippen molar-refractivity contribution in [2.75, 3.05) is 26.2 Å². The molecule has 1 aliphatic heterocycles. The van der Waals surface area contributed by atoms with Crippen molar-refractivity contribution in [3.05, 3.63) is 34.9 Å². The molecule has 1 aromatic rings. The van der Waals surface area contributed by atoms with Gasteiger partial charge in [0.1, 0.15) is 0 Å². The lowest BCUT2D eigenvalue weighted by Crippen LogP contribution is -2.41. The first kappa shape index (κ1) is 15.5. The smallest absolute Gasteiger partial charge is 0.253 e. The number of hydrogen-bond donors (Lipinski definition) is 1. The van der Waals surface area contributed by atoms with Crippen LogP contribution in [0.1, 0.15) is 47.2 Å². The minimum Gasteiger partial charge on any atom is -0.378 e. The first-order valence-electron chi connectivity index (χ1n) is 8.50. The molecule has 0 saturated carbocycles. The van der Waals surface area contributed by atoms with Gasteiger partial charge in [-0.15, -0.1) is 0 Å². The highest BCUT2D eigenvalue weighted by Crippen LogP contribution is 2.24. The van der Waals surface area contributed by atoms with Crippen molar-refractivity contribution in [1.29, 1.82) is 0 Å². The van der Waals surface area contributed by atoms with Crippen molar-refractivity contribution in [1.82, 2.24) is 4.90 Å². The monoisotopic (exact) mass is 302 g/mol. The third-order valence-electron chi connectivity index (χ3n) is 4.78. The van der Waals surface area contributed by atoms with E-state index in [-0.39, 0.29) is 12.0 Å². The van der Waals surface area contributed by atoms with Crippen molar-refractivity contribution in [3.8, 4) is 0 Å². The lowest BCUT2D eigenvalue weighted by molar-refractivity contribution is 0.00844. The van der Waals surface area contributed by atoms with Gasteiger partial charge in [-0.3, -0.25) is 4.79 Å². The first-order valence-corrected chi connectivity index (χ1v) is 8.50. The maximum absolute atomic E-state index is 12.6. The van der Waals surface area contributed by atoms with Crippen molar-refractivity contribution in [2.24, 2.45) is 5.73 Å². The zero-order valence-corrected chi connectivity index (χ0v) is 13.2. The molecule has 1 saturated heterocycles. The molecule has 120 valence electrons. The van der Waals surface area contributed by atoms with E-state index in [1.54, 1.807) is 0 Å². The van der Waals surface area contributed by atoms with Crippen molar-refractivity contribution in [3.63, 3.8) is 0 Å². The molecular weight excluding hydrogens is 276 g/mol. The quantitative estimate of drug-likeness (QED) is 0.848. The van der Waals surface area contributed by atoms with Gasteiger partial charge in [-0.25, -0.2) is 0 Å². The van der Waals surface area contributed by atoms with Gasteiger partial charge in [0.05, 0.1) is 6.10 Å². The second-order valence-corrected chi connectivity index (χ2v) is 6.34. The Hall–Kier alpha value is -1.39. The summed E-state index contributed by atoms with van der Waals surface area (Å²) in [7, 11) is 0. The van der Waals surface area contributed by atoms with Gasteiger partial charge in [-0.2, -0.15) is 0 Å². The Kier molecular flexibility index (Phi) is 5.11. The Morgan fingerprint density at radius 1 is 1.23 bits per heavy atom. The minimum absolute atomic E-state index is 0.176. The second-order valence-electron chi connectivity index (χ2n) is 6.34. The van der Waals surface area contributed by atoms with Crippen molar-refractivity contribution < 1.29 is 9.53 Å². The van der Waals surface area contributed by atoms with E-state index in [4.69, 9.17) is 10.5 Å². The number of aryl methyl sites for hydroxylation is 2. The van der Waals surface area contributed by atoms with Crippen LogP contribution in [-0.2, 0) is 17.6 Å². The number of hydrogen-bond acceptors (Lipinski definition) is 3. The van der Waals surface area contributed by atoms with Crippen molar-refractivity contribution in [2.45, 2.75) is 44.6 Å². The Bertz CT molecular complexity index is 522. The lowest BCUT2D eigenvalue weighted by Gasteiger charge is -2.32. The summed E-state index contributed by atoms with van der Waals surface area (Å²) < 4.78 is 5.80. The summed E-state index contributed by atoms with van der Waals surface area (Å²) in [6, 6.07) is 6.24. The third kappa shape index (κ3) is 3.50. The van der Waals surface area contributed by atoms with Gasteiger partial charge in [0.15, 0.2) is 0 Å². The molecule has 1 fully saturated rings. The van der Waals surface area contributed by atoms with Crippen molar-refractivity contribution >= 4 is 5.91 Å². The minimum atomic E-state index is 0.176. The maximum atomic E-state index is 12.6. The molecular formula is C18H26N2O2. The Morgan fingerprint density at radius 2 is 2.00 bits per heavy atom. The van der Waals surface area contributed by atoms with E-state index in [0.29, 0.717) is 6.54 Å². The van der Waals surface area contributed by atoms with Crippen LogP contribution in [0.3, 0.4) is 0 Å². The number of ether oxygens (including phenoxy) is 1. The Labute approximate surface area is 132 Å². The molecule has 0 unspecified atom stereocenters. The van der Waals surface area contributed by atoms with Gasteiger partial charge in [0.25, 0.3) is 5.91 Å². The number of benzene rings is 1. The molecule has 0 atom stereocenters. The number of carbonyl (C=O) groups excluding carboxylic acids is 1. The van der Waals surface area contributed by atoms with E-state index in [1.807, 2.05) is 11.0 Å². The zero-order valence-electron chi connectivity index (χ0n) is 13.2. The zero-order chi connectivity index (χ0) is 15.4. The van der Waals surface area contributed by atoms with Crippen LogP contribution in [-0.4, -0.2) is 43.2 Å². The summed E-state index contributed by atoms with van der Waals surface area (Å²) in [6.07, 6.45) is 6.56. The van der Waals surface area contributed by atoms with Gasteiger partial charge in [-0.05, 0) is 68.3 Å². The Morgan fingerprint density at radius 3 is 2.77 bits per heavy atom. The number of likely N-dealkylation sites (tertiary alicyclic amines) is 1. The average molecular weight is 302 g/mol. The fourth-order valence-electron chi connectivity index (χ4n) is 3.45. The first-order chi connectivity index (χ1) is 10.8. The summed E-state index contributed by atoms with van der Waals surface area (Å²) in [4.78, 5) is 14.6.